The van der Waals surface area contributed by atoms with Crippen LogP contribution in [0, 0.1) is 5.92 Å². The van der Waals surface area contributed by atoms with Gasteiger partial charge < -0.3 is 10.5 Å². The van der Waals surface area contributed by atoms with Gasteiger partial charge in [0.1, 0.15) is 5.75 Å². The van der Waals surface area contributed by atoms with E-state index < -0.39 is 10.0 Å². The average Bonchev–Trinajstić information content (AvgIpc) is 2.47. The quantitative estimate of drug-likeness (QED) is 0.886. The van der Waals surface area contributed by atoms with Crippen LogP contribution >= 0.6 is 15.9 Å². The first kappa shape index (κ1) is 15.8. The summed E-state index contributed by atoms with van der Waals surface area (Å²) in [6.07, 6.45) is 1.65. The molecule has 1 aliphatic rings. The van der Waals surface area contributed by atoms with Crippen LogP contribution in [-0.2, 0) is 10.0 Å². The van der Waals surface area contributed by atoms with Gasteiger partial charge in [0.15, 0.2) is 0 Å². The Morgan fingerprint density at radius 2 is 2.05 bits per heavy atom. The lowest BCUT2D eigenvalue weighted by molar-refractivity contribution is 0.278. The summed E-state index contributed by atoms with van der Waals surface area (Å²) < 4.78 is 32.4. The Kier molecular flexibility index (Phi) is 5.06. The number of piperidine rings is 1. The second-order valence-corrected chi connectivity index (χ2v) is 7.67. The van der Waals surface area contributed by atoms with Gasteiger partial charge in [-0.2, -0.15) is 4.31 Å². The van der Waals surface area contributed by atoms with E-state index in [1.54, 1.807) is 25.3 Å². The summed E-state index contributed by atoms with van der Waals surface area (Å²) in [5, 5.41) is 0. The third-order valence-corrected chi connectivity index (χ3v) is 6.18. The van der Waals surface area contributed by atoms with Crippen LogP contribution in [-0.4, -0.2) is 39.5 Å². The highest BCUT2D eigenvalue weighted by Crippen LogP contribution is 2.30. The van der Waals surface area contributed by atoms with Crippen LogP contribution in [0.25, 0.3) is 0 Å². The maximum atomic E-state index is 12.6. The molecule has 0 bridgehead atoms. The van der Waals surface area contributed by atoms with Crippen molar-refractivity contribution in [2.45, 2.75) is 17.7 Å². The van der Waals surface area contributed by atoms with E-state index in [4.69, 9.17) is 10.5 Å². The van der Waals surface area contributed by atoms with Gasteiger partial charge in [0.05, 0.1) is 16.5 Å². The van der Waals surface area contributed by atoms with Gasteiger partial charge in [0.25, 0.3) is 0 Å². The van der Waals surface area contributed by atoms with E-state index in [0.717, 1.165) is 12.8 Å². The molecular formula is C13H19BrN2O3S. The van der Waals surface area contributed by atoms with Crippen molar-refractivity contribution in [1.82, 2.24) is 4.31 Å². The molecule has 0 unspecified atom stereocenters. The Morgan fingerprint density at radius 3 is 2.55 bits per heavy atom. The van der Waals surface area contributed by atoms with E-state index in [1.807, 2.05) is 0 Å². The van der Waals surface area contributed by atoms with Crippen LogP contribution in [0.4, 0.5) is 0 Å². The van der Waals surface area contributed by atoms with E-state index in [9.17, 15) is 8.42 Å². The van der Waals surface area contributed by atoms with E-state index in [2.05, 4.69) is 15.9 Å². The molecule has 0 aromatic heterocycles. The van der Waals surface area contributed by atoms with Crippen LogP contribution in [0.3, 0.4) is 0 Å². The summed E-state index contributed by atoms with van der Waals surface area (Å²) in [5.41, 5.74) is 5.63. The molecule has 1 heterocycles. The van der Waals surface area contributed by atoms with Gasteiger partial charge in [-0.1, -0.05) is 0 Å². The van der Waals surface area contributed by atoms with Gasteiger partial charge in [-0.25, -0.2) is 8.42 Å². The summed E-state index contributed by atoms with van der Waals surface area (Å²) in [5.74, 6) is 1.05. The van der Waals surface area contributed by atoms with Gasteiger partial charge >= 0.3 is 0 Å². The van der Waals surface area contributed by atoms with Crippen LogP contribution in [0.5, 0.6) is 5.75 Å². The third kappa shape index (κ3) is 3.16. The molecular weight excluding hydrogens is 344 g/mol. The topological polar surface area (TPSA) is 72.6 Å². The molecule has 0 atom stereocenters. The van der Waals surface area contributed by atoms with Crippen molar-refractivity contribution < 1.29 is 13.2 Å². The summed E-state index contributed by atoms with van der Waals surface area (Å²) >= 11 is 3.32. The Labute approximate surface area is 128 Å². The average molecular weight is 363 g/mol. The number of ether oxygens (including phenoxy) is 1. The van der Waals surface area contributed by atoms with E-state index in [0.29, 0.717) is 35.8 Å². The molecule has 0 amide bonds. The molecule has 2 N–H and O–H groups in total. The zero-order valence-electron chi connectivity index (χ0n) is 11.4. The number of hydrogen-bond donors (Lipinski definition) is 1. The SMILES string of the molecule is COc1ccc(S(=O)(=O)N2CCC(CN)CC2)cc1Br. The predicted octanol–water partition coefficient (Wildman–Crippen LogP) is 1.82. The molecule has 1 aliphatic heterocycles. The van der Waals surface area contributed by atoms with Crippen molar-refractivity contribution in [2.75, 3.05) is 26.7 Å². The monoisotopic (exact) mass is 362 g/mol. The van der Waals surface area contributed by atoms with Crippen molar-refractivity contribution in [3.05, 3.63) is 22.7 Å². The molecule has 5 nitrogen and oxygen atoms in total. The number of hydrogen-bond acceptors (Lipinski definition) is 4. The number of halogens is 1. The Hall–Kier alpha value is -0.630. The molecule has 20 heavy (non-hydrogen) atoms. The van der Waals surface area contributed by atoms with Gasteiger partial charge in [0, 0.05) is 13.1 Å². The van der Waals surface area contributed by atoms with Crippen LogP contribution < -0.4 is 10.5 Å². The lowest BCUT2D eigenvalue weighted by Gasteiger charge is -2.30. The van der Waals surface area contributed by atoms with E-state index in [1.165, 1.54) is 4.31 Å². The lowest BCUT2D eigenvalue weighted by Crippen LogP contribution is -2.40. The van der Waals surface area contributed by atoms with Crippen molar-refractivity contribution in [1.29, 1.82) is 0 Å². The molecule has 1 aromatic rings. The highest BCUT2D eigenvalue weighted by molar-refractivity contribution is 9.10. The van der Waals surface area contributed by atoms with Gasteiger partial charge in [-0.05, 0) is 59.4 Å². The second kappa shape index (κ2) is 6.43. The first-order valence-corrected chi connectivity index (χ1v) is 8.76. The van der Waals surface area contributed by atoms with Gasteiger partial charge in [0.2, 0.25) is 10.0 Å². The van der Waals surface area contributed by atoms with E-state index >= 15 is 0 Å². The first-order valence-electron chi connectivity index (χ1n) is 6.52. The van der Waals surface area contributed by atoms with Crippen LogP contribution in [0.15, 0.2) is 27.6 Å². The number of methoxy groups -OCH3 is 1. The zero-order chi connectivity index (χ0) is 14.8. The largest absolute Gasteiger partial charge is 0.496 e. The Balaban J connectivity index is 2.20. The molecule has 112 valence electrons. The minimum absolute atomic E-state index is 0.288. The highest BCUT2D eigenvalue weighted by atomic mass is 79.9. The fourth-order valence-electron chi connectivity index (χ4n) is 2.34. The standard InChI is InChI=1S/C13H19BrN2O3S/c1-19-13-3-2-11(8-12(13)14)20(17,18)16-6-4-10(9-15)5-7-16/h2-3,8,10H,4-7,9,15H2,1H3. The fraction of sp³-hybridized carbons (Fsp3) is 0.538. The summed E-state index contributed by atoms with van der Waals surface area (Å²) in [4.78, 5) is 0.288. The summed E-state index contributed by atoms with van der Waals surface area (Å²) in [6, 6.07) is 4.82. The molecule has 2 rings (SSSR count). The van der Waals surface area contributed by atoms with Gasteiger partial charge in [-0.3, -0.25) is 0 Å². The number of nitrogens with zero attached hydrogens (tertiary/aromatic N) is 1. The Morgan fingerprint density at radius 1 is 1.40 bits per heavy atom. The van der Waals surface area contributed by atoms with E-state index in [-0.39, 0.29) is 4.90 Å². The molecule has 0 aliphatic carbocycles. The van der Waals surface area contributed by atoms with Crippen LogP contribution in [0.1, 0.15) is 12.8 Å². The maximum Gasteiger partial charge on any atom is 0.243 e. The fourth-order valence-corrected chi connectivity index (χ4v) is 4.53. The maximum absolute atomic E-state index is 12.6. The zero-order valence-corrected chi connectivity index (χ0v) is 13.8. The minimum Gasteiger partial charge on any atom is -0.496 e. The number of rotatable bonds is 4. The summed E-state index contributed by atoms with van der Waals surface area (Å²) in [7, 11) is -1.89. The normalized spacial score (nSPS) is 18.1. The van der Waals surface area contributed by atoms with Crippen molar-refractivity contribution in [3.8, 4) is 5.75 Å². The summed E-state index contributed by atoms with van der Waals surface area (Å²) in [6.45, 7) is 1.70. The smallest absolute Gasteiger partial charge is 0.243 e. The van der Waals surface area contributed by atoms with Crippen LogP contribution in [0.2, 0.25) is 0 Å². The Bertz CT molecular complexity index is 569. The number of sulfonamides is 1. The first-order chi connectivity index (χ1) is 9.48. The number of benzene rings is 1. The number of nitrogens with two attached hydrogens (primary N) is 1. The lowest BCUT2D eigenvalue weighted by atomic mass is 9.99. The molecule has 1 saturated heterocycles. The van der Waals surface area contributed by atoms with Crippen molar-refractivity contribution >= 4 is 26.0 Å². The van der Waals surface area contributed by atoms with Crippen molar-refractivity contribution in [3.63, 3.8) is 0 Å². The molecule has 1 fully saturated rings. The predicted molar refractivity (Wildman–Crippen MR) is 81.2 cm³/mol. The second-order valence-electron chi connectivity index (χ2n) is 4.88. The highest BCUT2D eigenvalue weighted by Gasteiger charge is 2.29. The third-order valence-electron chi connectivity index (χ3n) is 3.67. The molecule has 0 spiro atoms. The minimum atomic E-state index is -3.43. The van der Waals surface area contributed by atoms with Crippen molar-refractivity contribution in [2.24, 2.45) is 11.7 Å². The molecule has 0 saturated carbocycles. The molecule has 1 aromatic carbocycles. The molecule has 0 radical (unpaired) electrons. The molecule has 7 heteroatoms. The van der Waals surface area contributed by atoms with Gasteiger partial charge in [-0.15, -0.1) is 0 Å².